The molecule has 0 radical (unpaired) electrons. The van der Waals surface area contributed by atoms with E-state index in [0.29, 0.717) is 6.54 Å². The Morgan fingerprint density at radius 2 is 1.81 bits per heavy atom. The molecule has 1 amide bonds. The molecule has 1 atom stereocenters. The Bertz CT molecular complexity index is 1240. The predicted molar refractivity (Wildman–Crippen MR) is 127 cm³/mol. The second-order valence-electron chi connectivity index (χ2n) is 7.32. The van der Waals surface area contributed by atoms with E-state index in [2.05, 4.69) is 34.6 Å². The van der Waals surface area contributed by atoms with Gasteiger partial charge in [-0.1, -0.05) is 48.5 Å². The van der Waals surface area contributed by atoms with Crippen molar-refractivity contribution >= 4 is 38.4 Å². The summed E-state index contributed by atoms with van der Waals surface area (Å²) in [6.07, 6.45) is 0.239. The fourth-order valence-electron chi connectivity index (χ4n) is 3.23. The van der Waals surface area contributed by atoms with E-state index in [1.807, 2.05) is 48.5 Å². The number of carbonyl (C=O) groups is 1. The summed E-state index contributed by atoms with van der Waals surface area (Å²) in [5.41, 5.74) is 4.13. The Hall–Kier alpha value is -2.87. The lowest BCUT2D eigenvalue weighted by Gasteiger charge is -2.10. The molecule has 31 heavy (non-hydrogen) atoms. The van der Waals surface area contributed by atoms with Crippen LogP contribution in [0, 0.1) is 0 Å². The van der Waals surface area contributed by atoms with E-state index in [1.54, 1.807) is 29.7 Å². The summed E-state index contributed by atoms with van der Waals surface area (Å²) in [5, 5.41) is 3.73. The molecular weight excluding hydrogens is 426 g/mol. The van der Waals surface area contributed by atoms with Gasteiger partial charge in [-0.25, -0.2) is 13.5 Å². The molecule has 1 aromatic heterocycles. The van der Waals surface area contributed by atoms with Crippen molar-refractivity contribution in [1.82, 2.24) is 14.6 Å². The van der Waals surface area contributed by atoms with Gasteiger partial charge in [0.25, 0.3) is 0 Å². The molecule has 0 aliphatic rings. The maximum absolute atomic E-state index is 12.5. The van der Waals surface area contributed by atoms with Crippen molar-refractivity contribution < 1.29 is 9.00 Å². The van der Waals surface area contributed by atoms with Crippen molar-refractivity contribution in [1.29, 1.82) is 0 Å². The standard InChI is InChI=1S/C24H23N3O2S2/c1-27(2)31(29)20-10-6-7-17(13-20)16-25-23(28)15-24-26-21-12-11-19(14-22(21)30-24)18-8-4-3-5-9-18/h3-14H,15-16H2,1-2H3,(H,25,28). The number of benzene rings is 3. The number of nitrogens with one attached hydrogen (secondary N) is 1. The minimum atomic E-state index is -1.20. The Kier molecular flexibility index (Phi) is 6.56. The number of fused-ring (bicyclic) bond motifs is 1. The van der Waals surface area contributed by atoms with Crippen molar-refractivity contribution in [3.63, 3.8) is 0 Å². The first-order chi connectivity index (χ1) is 15.0. The van der Waals surface area contributed by atoms with Crippen LogP contribution in [0.1, 0.15) is 10.6 Å². The van der Waals surface area contributed by atoms with Crippen molar-refractivity contribution in [2.24, 2.45) is 0 Å². The van der Waals surface area contributed by atoms with Gasteiger partial charge in [0, 0.05) is 6.54 Å². The van der Waals surface area contributed by atoms with Crippen LogP contribution in [0.5, 0.6) is 0 Å². The number of hydrogen-bond acceptors (Lipinski definition) is 4. The molecule has 0 spiro atoms. The number of thiazole rings is 1. The normalized spacial score (nSPS) is 12.2. The van der Waals surface area contributed by atoms with Crippen molar-refractivity contribution in [2.75, 3.05) is 14.1 Å². The lowest BCUT2D eigenvalue weighted by Crippen LogP contribution is -2.24. The third-order valence-corrected chi connectivity index (χ3v) is 7.11. The first-order valence-electron chi connectivity index (χ1n) is 9.89. The van der Waals surface area contributed by atoms with Crippen molar-refractivity contribution in [3.8, 4) is 11.1 Å². The average Bonchev–Trinajstić information content (AvgIpc) is 3.19. The zero-order chi connectivity index (χ0) is 21.8. The molecule has 5 nitrogen and oxygen atoms in total. The number of nitrogens with zero attached hydrogens (tertiary/aromatic N) is 2. The maximum Gasteiger partial charge on any atom is 0.227 e. The summed E-state index contributed by atoms with van der Waals surface area (Å²) >= 11 is 1.55. The SMILES string of the molecule is CN(C)S(=O)c1cccc(CNC(=O)Cc2nc3ccc(-c4ccccc4)cc3s2)c1. The molecule has 0 aliphatic carbocycles. The largest absolute Gasteiger partial charge is 0.352 e. The van der Waals surface area contributed by atoms with Gasteiger partial charge in [0.05, 0.1) is 21.5 Å². The van der Waals surface area contributed by atoms with Crippen molar-refractivity contribution in [3.05, 3.63) is 83.4 Å². The summed E-state index contributed by atoms with van der Waals surface area (Å²) in [7, 11) is 2.33. The number of rotatable bonds is 7. The van der Waals surface area contributed by atoms with Crippen LogP contribution in [-0.2, 0) is 28.7 Å². The van der Waals surface area contributed by atoms with E-state index in [1.165, 1.54) is 0 Å². The molecule has 1 heterocycles. The molecule has 0 saturated carbocycles. The molecule has 1 unspecified atom stereocenters. The zero-order valence-electron chi connectivity index (χ0n) is 17.4. The fraction of sp³-hybridized carbons (Fsp3) is 0.167. The van der Waals surface area contributed by atoms with Crippen LogP contribution < -0.4 is 5.32 Å². The number of hydrogen-bond donors (Lipinski definition) is 1. The second kappa shape index (κ2) is 9.51. The minimum Gasteiger partial charge on any atom is -0.352 e. The molecule has 0 bridgehead atoms. The minimum absolute atomic E-state index is 0.0820. The van der Waals surface area contributed by atoms with Crippen LogP contribution in [0.25, 0.3) is 21.3 Å². The van der Waals surface area contributed by atoms with Crippen LogP contribution in [-0.4, -0.2) is 33.5 Å². The Balaban J connectivity index is 1.41. The van der Waals surface area contributed by atoms with Crippen LogP contribution in [0.15, 0.2) is 77.7 Å². The highest BCUT2D eigenvalue weighted by molar-refractivity contribution is 7.82. The molecule has 4 rings (SSSR count). The van der Waals surface area contributed by atoms with E-state index >= 15 is 0 Å². The third-order valence-electron chi connectivity index (χ3n) is 4.77. The summed E-state index contributed by atoms with van der Waals surface area (Å²) < 4.78 is 14.9. The van der Waals surface area contributed by atoms with Gasteiger partial charge in [0.1, 0.15) is 16.0 Å². The van der Waals surface area contributed by atoms with Crippen LogP contribution >= 0.6 is 11.3 Å². The molecule has 0 aliphatic heterocycles. The molecule has 1 N–H and O–H groups in total. The second-order valence-corrected chi connectivity index (χ2v) is 10.1. The van der Waals surface area contributed by atoms with Gasteiger partial charge in [0.15, 0.2) is 0 Å². The molecule has 4 aromatic rings. The first kappa shape index (κ1) is 21.4. The topological polar surface area (TPSA) is 62.3 Å². The maximum atomic E-state index is 12.5. The molecule has 158 valence electrons. The van der Waals surface area contributed by atoms with Gasteiger partial charge < -0.3 is 5.32 Å². The first-order valence-corrected chi connectivity index (χ1v) is 11.8. The predicted octanol–water partition coefficient (Wildman–Crippen LogP) is 4.41. The number of aromatic nitrogens is 1. The van der Waals surface area contributed by atoms with Gasteiger partial charge in [0.2, 0.25) is 5.91 Å². The van der Waals surface area contributed by atoms with E-state index in [0.717, 1.165) is 36.8 Å². The van der Waals surface area contributed by atoms with Crippen LogP contribution in [0.2, 0.25) is 0 Å². The number of carbonyl (C=O) groups excluding carboxylic acids is 1. The summed E-state index contributed by atoms with van der Waals surface area (Å²) in [6, 6.07) is 23.9. The number of amides is 1. The smallest absolute Gasteiger partial charge is 0.227 e. The zero-order valence-corrected chi connectivity index (χ0v) is 19.0. The molecule has 7 heteroatoms. The fourth-order valence-corrected chi connectivity index (χ4v) is 5.11. The van der Waals surface area contributed by atoms with E-state index in [4.69, 9.17) is 0 Å². The summed E-state index contributed by atoms with van der Waals surface area (Å²) in [6.45, 7) is 0.389. The lowest BCUT2D eigenvalue weighted by atomic mass is 10.1. The van der Waals surface area contributed by atoms with E-state index in [9.17, 15) is 9.00 Å². The van der Waals surface area contributed by atoms with Gasteiger partial charge in [-0.05, 0) is 55.1 Å². The van der Waals surface area contributed by atoms with Gasteiger partial charge in [-0.15, -0.1) is 11.3 Å². The Morgan fingerprint density at radius 1 is 1.00 bits per heavy atom. The quantitative estimate of drug-likeness (QED) is 0.455. The summed E-state index contributed by atoms with van der Waals surface area (Å²) in [4.78, 5) is 17.8. The van der Waals surface area contributed by atoms with Crippen molar-refractivity contribution in [2.45, 2.75) is 17.9 Å². The molecule has 3 aromatic carbocycles. The highest BCUT2D eigenvalue weighted by Crippen LogP contribution is 2.28. The van der Waals surface area contributed by atoms with Gasteiger partial charge >= 0.3 is 0 Å². The average molecular weight is 450 g/mol. The lowest BCUT2D eigenvalue weighted by molar-refractivity contribution is -0.120. The van der Waals surface area contributed by atoms with Gasteiger partial charge in [-0.3, -0.25) is 4.79 Å². The molecule has 0 fully saturated rings. The summed E-state index contributed by atoms with van der Waals surface area (Å²) in [5.74, 6) is -0.0820. The Labute approximate surface area is 188 Å². The highest BCUT2D eigenvalue weighted by atomic mass is 32.2. The van der Waals surface area contributed by atoms with E-state index in [-0.39, 0.29) is 12.3 Å². The monoisotopic (exact) mass is 449 g/mol. The third kappa shape index (κ3) is 5.25. The van der Waals surface area contributed by atoms with Crippen LogP contribution in [0.3, 0.4) is 0 Å². The van der Waals surface area contributed by atoms with E-state index < -0.39 is 11.0 Å². The Morgan fingerprint density at radius 3 is 2.58 bits per heavy atom. The van der Waals surface area contributed by atoms with Gasteiger partial charge in [-0.2, -0.15) is 0 Å². The molecule has 0 saturated heterocycles. The highest BCUT2D eigenvalue weighted by Gasteiger charge is 2.11. The molecular formula is C24H23N3O2S2. The van der Waals surface area contributed by atoms with Crippen LogP contribution in [0.4, 0.5) is 0 Å².